The topological polar surface area (TPSA) is 40.5 Å². The van der Waals surface area contributed by atoms with Crippen LogP contribution in [0.3, 0.4) is 0 Å². The molecule has 1 amide bonds. The molecule has 1 aromatic rings. The Labute approximate surface area is 103 Å². The number of aromatic hydroxyl groups is 1. The molecule has 0 bridgehead atoms. The van der Waals surface area contributed by atoms with E-state index in [-0.39, 0.29) is 11.7 Å². The van der Waals surface area contributed by atoms with E-state index < -0.39 is 0 Å². The number of aryl methyl sites for hydroxylation is 1. The molecule has 0 aromatic heterocycles. The highest BCUT2D eigenvalue weighted by Crippen LogP contribution is 2.20. The average Bonchev–Trinajstić information content (AvgIpc) is 2.28. The second-order valence-electron chi connectivity index (χ2n) is 4.31. The van der Waals surface area contributed by atoms with Crippen molar-refractivity contribution in [3.63, 3.8) is 0 Å². The summed E-state index contributed by atoms with van der Waals surface area (Å²) in [7, 11) is 0. The zero-order valence-electron chi connectivity index (χ0n) is 10.9. The fourth-order valence-electron chi connectivity index (χ4n) is 1.85. The van der Waals surface area contributed by atoms with Crippen LogP contribution in [-0.2, 0) is 0 Å². The van der Waals surface area contributed by atoms with Crippen LogP contribution < -0.4 is 0 Å². The van der Waals surface area contributed by atoms with Crippen LogP contribution in [0.5, 0.6) is 5.75 Å². The number of benzene rings is 1. The highest BCUT2D eigenvalue weighted by molar-refractivity contribution is 5.96. The van der Waals surface area contributed by atoms with Crippen molar-refractivity contribution in [1.82, 2.24) is 4.90 Å². The predicted molar refractivity (Wildman–Crippen MR) is 69.3 cm³/mol. The first-order valence-electron chi connectivity index (χ1n) is 6.19. The van der Waals surface area contributed by atoms with E-state index >= 15 is 0 Å². The monoisotopic (exact) mass is 235 g/mol. The van der Waals surface area contributed by atoms with Crippen molar-refractivity contribution in [1.29, 1.82) is 0 Å². The number of phenolic OH excluding ortho intramolecular Hbond substituents is 1. The molecule has 3 heteroatoms. The molecule has 0 aliphatic rings. The number of nitrogens with zero attached hydrogens (tertiary/aromatic N) is 1. The molecular formula is C14H21NO2. The summed E-state index contributed by atoms with van der Waals surface area (Å²) < 4.78 is 0. The van der Waals surface area contributed by atoms with Crippen LogP contribution in [0.1, 0.15) is 42.6 Å². The van der Waals surface area contributed by atoms with Crippen LogP contribution in [0, 0.1) is 6.92 Å². The van der Waals surface area contributed by atoms with Crippen LogP contribution in [0.4, 0.5) is 0 Å². The molecule has 3 nitrogen and oxygen atoms in total. The van der Waals surface area contributed by atoms with E-state index in [1.165, 1.54) is 0 Å². The van der Waals surface area contributed by atoms with E-state index in [0.717, 1.165) is 31.5 Å². The Kier molecular flexibility index (Phi) is 5.01. The van der Waals surface area contributed by atoms with Crippen molar-refractivity contribution in [2.45, 2.75) is 33.6 Å². The summed E-state index contributed by atoms with van der Waals surface area (Å²) in [6.45, 7) is 7.46. The lowest BCUT2D eigenvalue weighted by Gasteiger charge is -2.22. The summed E-state index contributed by atoms with van der Waals surface area (Å²) in [5.41, 5.74) is 1.36. The van der Waals surface area contributed by atoms with Gasteiger partial charge in [-0.1, -0.05) is 19.9 Å². The number of amides is 1. The standard InChI is InChI=1S/C14H21NO2/c1-4-8-15(9-5-2)14(17)12-7-6-11(3)10-13(12)16/h6-7,10,16H,4-5,8-9H2,1-3H3. The molecule has 1 N–H and O–H groups in total. The van der Waals surface area contributed by atoms with E-state index in [1.54, 1.807) is 17.0 Å². The first kappa shape index (κ1) is 13.6. The molecular weight excluding hydrogens is 214 g/mol. The zero-order valence-corrected chi connectivity index (χ0v) is 10.9. The minimum Gasteiger partial charge on any atom is -0.507 e. The van der Waals surface area contributed by atoms with Gasteiger partial charge in [-0.2, -0.15) is 0 Å². The highest BCUT2D eigenvalue weighted by Gasteiger charge is 2.17. The maximum absolute atomic E-state index is 12.2. The molecule has 0 aliphatic carbocycles. The van der Waals surface area contributed by atoms with Gasteiger partial charge in [-0.15, -0.1) is 0 Å². The van der Waals surface area contributed by atoms with E-state index in [0.29, 0.717) is 5.56 Å². The summed E-state index contributed by atoms with van der Waals surface area (Å²) in [6.07, 6.45) is 1.86. The molecule has 0 unspecified atom stereocenters. The number of carbonyl (C=O) groups is 1. The number of hydrogen-bond acceptors (Lipinski definition) is 2. The van der Waals surface area contributed by atoms with Gasteiger partial charge in [-0.25, -0.2) is 0 Å². The van der Waals surface area contributed by atoms with Crippen molar-refractivity contribution < 1.29 is 9.90 Å². The van der Waals surface area contributed by atoms with Crippen molar-refractivity contribution in [2.24, 2.45) is 0 Å². The number of rotatable bonds is 5. The molecule has 0 spiro atoms. The van der Waals surface area contributed by atoms with Crippen LogP contribution in [0.15, 0.2) is 18.2 Å². The van der Waals surface area contributed by atoms with Gasteiger partial charge in [0.2, 0.25) is 0 Å². The van der Waals surface area contributed by atoms with Crippen LogP contribution in [-0.4, -0.2) is 29.0 Å². The minimum atomic E-state index is -0.0776. The van der Waals surface area contributed by atoms with E-state index in [9.17, 15) is 9.90 Å². The number of carbonyl (C=O) groups excluding carboxylic acids is 1. The molecule has 17 heavy (non-hydrogen) atoms. The lowest BCUT2D eigenvalue weighted by molar-refractivity contribution is 0.0752. The molecule has 0 radical (unpaired) electrons. The van der Waals surface area contributed by atoms with E-state index in [1.807, 2.05) is 26.8 Å². The van der Waals surface area contributed by atoms with Gasteiger partial charge in [0.05, 0.1) is 5.56 Å². The molecule has 0 saturated heterocycles. The largest absolute Gasteiger partial charge is 0.507 e. The van der Waals surface area contributed by atoms with Gasteiger partial charge < -0.3 is 10.0 Å². The summed E-state index contributed by atoms with van der Waals surface area (Å²) in [4.78, 5) is 14.0. The molecule has 1 rings (SSSR count). The van der Waals surface area contributed by atoms with Crippen molar-refractivity contribution in [3.05, 3.63) is 29.3 Å². The van der Waals surface area contributed by atoms with E-state index in [2.05, 4.69) is 0 Å². The highest BCUT2D eigenvalue weighted by atomic mass is 16.3. The quantitative estimate of drug-likeness (QED) is 0.852. The Hall–Kier alpha value is -1.51. The van der Waals surface area contributed by atoms with E-state index in [4.69, 9.17) is 0 Å². The maximum Gasteiger partial charge on any atom is 0.257 e. The second kappa shape index (κ2) is 6.28. The summed E-state index contributed by atoms with van der Waals surface area (Å²) in [5, 5.41) is 9.80. The van der Waals surface area contributed by atoms with Gasteiger partial charge in [0.1, 0.15) is 5.75 Å². The number of hydrogen-bond donors (Lipinski definition) is 1. The van der Waals surface area contributed by atoms with Crippen molar-refractivity contribution in [2.75, 3.05) is 13.1 Å². The van der Waals surface area contributed by atoms with Crippen molar-refractivity contribution in [3.8, 4) is 5.75 Å². The Bertz CT molecular complexity index is 382. The van der Waals surface area contributed by atoms with Gasteiger partial charge in [0, 0.05) is 13.1 Å². The maximum atomic E-state index is 12.2. The van der Waals surface area contributed by atoms with Crippen LogP contribution in [0.2, 0.25) is 0 Å². The van der Waals surface area contributed by atoms with Crippen LogP contribution >= 0.6 is 0 Å². The third-order valence-electron chi connectivity index (χ3n) is 2.66. The molecule has 0 fully saturated rings. The molecule has 1 aromatic carbocycles. The normalized spacial score (nSPS) is 10.3. The fourth-order valence-corrected chi connectivity index (χ4v) is 1.85. The fraction of sp³-hybridized carbons (Fsp3) is 0.500. The first-order chi connectivity index (χ1) is 8.10. The van der Waals surface area contributed by atoms with Gasteiger partial charge in [0.25, 0.3) is 5.91 Å². The molecule has 94 valence electrons. The summed E-state index contributed by atoms with van der Waals surface area (Å²) in [6, 6.07) is 5.18. The second-order valence-corrected chi connectivity index (χ2v) is 4.31. The van der Waals surface area contributed by atoms with Gasteiger partial charge in [0.15, 0.2) is 0 Å². The van der Waals surface area contributed by atoms with Gasteiger partial charge in [-0.3, -0.25) is 4.79 Å². The average molecular weight is 235 g/mol. The molecule has 0 heterocycles. The Morgan fingerprint density at radius 2 is 1.82 bits per heavy atom. The zero-order chi connectivity index (χ0) is 12.8. The lowest BCUT2D eigenvalue weighted by atomic mass is 10.1. The third kappa shape index (κ3) is 3.48. The lowest BCUT2D eigenvalue weighted by Crippen LogP contribution is -2.32. The van der Waals surface area contributed by atoms with Crippen LogP contribution in [0.25, 0.3) is 0 Å². The molecule has 0 atom stereocenters. The third-order valence-corrected chi connectivity index (χ3v) is 2.66. The van der Waals surface area contributed by atoms with Crippen molar-refractivity contribution >= 4 is 5.91 Å². The minimum absolute atomic E-state index is 0.0761. The molecule has 0 aliphatic heterocycles. The van der Waals surface area contributed by atoms with Gasteiger partial charge in [-0.05, 0) is 37.5 Å². The Morgan fingerprint density at radius 1 is 1.24 bits per heavy atom. The first-order valence-corrected chi connectivity index (χ1v) is 6.19. The summed E-state index contributed by atoms with van der Waals surface area (Å²) >= 11 is 0. The number of phenols is 1. The predicted octanol–water partition coefficient (Wildman–Crippen LogP) is 2.96. The molecule has 0 saturated carbocycles. The SMILES string of the molecule is CCCN(CCC)C(=O)c1ccc(C)cc1O. The smallest absolute Gasteiger partial charge is 0.257 e. The Balaban J connectivity index is 2.92. The van der Waals surface area contributed by atoms with Gasteiger partial charge >= 0.3 is 0 Å². The Morgan fingerprint density at radius 3 is 2.29 bits per heavy atom. The summed E-state index contributed by atoms with van der Waals surface area (Å²) in [5.74, 6) is -0.00148.